The minimum Gasteiger partial charge on any atom is -0.480 e. The summed E-state index contributed by atoms with van der Waals surface area (Å²) in [6, 6.07) is 16.0. The molecule has 2 aromatic carbocycles. The Morgan fingerprint density at radius 3 is 1.62 bits per heavy atom. The van der Waals surface area contributed by atoms with Crippen LogP contribution in [0.15, 0.2) is 65.8 Å². The van der Waals surface area contributed by atoms with Crippen LogP contribution in [-0.2, 0) is 38.4 Å². The summed E-state index contributed by atoms with van der Waals surface area (Å²) in [5.41, 5.74) is 18.8. The number of carboxylic acid groups (broad SMARTS) is 3. The molecule has 2 heterocycles. The second-order valence-corrected chi connectivity index (χ2v) is 17.9. The third kappa shape index (κ3) is 27.4. The summed E-state index contributed by atoms with van der Waals surface area (Å²) in [4.78, 5) is 124. The van der Waals surface area contributed by atoms with Gasteiger partial charge in [-0.3, -0.25) is 68.4 Å². The molecule has 1 aliphatic heterocycles. The van der Waals surface area contributed by atoms with Crippen LogP contribution in [0.4, 0.5) is 4.79 Å². The highest BCUT2D eigenvalue weighted by Gasteiger charge is 2.32. The summed E-state index contributed by atoms with van der Waals surface area (Å²) in [5.74, 6) is -6.63. The number of nitrogens with zero attached hydrogens (tertiary/aromatic N) is 6. The molecule has 14 N–H and O–H groups in total. The first-order chi connectivity index (χ1) is 36.1. The number of nitrogens with two attached hydrogens (primary N) is 2. The zero-order chi connectivity index (χ0) is 56.6. The number of para-hydroxylation sites is 1. The van der Waals surface area contributed by atoms with E-state index in [9.17, 15) is 58.5 Å². The predicted octanol–water partition coefficient (Wildman–Crippen LogP) is -2.10. The number of urea groups is 1. The summed E-state index contributed by atoms with van der Waals surface area (Å²) < 4.78 is 0. The van der Waals surface area contributed by atoms with Gasteiger partial charge in [0.25, 0.3) is 5.91 Å². The largest absolute Gasteiger partial charge is 0.480 e. The minimum atomic E-state index is -1.10. The zero-order valence-electron chi connectivity index (χ0n) is 44.0. The Labute approximate surface area is 442 Å². The van der Waals surface area contributed by atoms with Crippen LogP contribution in [0.3, 0.4) is 0 Å². The van der Waals surface area contributed by atoms with Crippen LogP contribution >= 0.6 is 0 Å². The topological polar surface area (TPSA) is 383 Å². The maximum atomic E-state index is 13.3. The van der Waals surface area contributed by atoms with Crippen molar-refractivity contribution in [2.75, 3.05) is 112 Å². The van der Waals surface area contributed by atoms with E-state index in [1.54, 1.807) is 33.4 Å². The van der Waals surface area contributed by atoms with E-state index < -0.39 is 85.2 Å². The van der Waals surface area contributed by atoms with Crippen molar-refractivity contribution in [3.63, 3.8) is 0 Å². The standard InChI is InChI=1S/C33H60N14O12.C9H9N.C7H8/c1-22(2)47(23(31(58)39-15-24(34)48)5-4-6-37-32(35)36-3)27(51)17-40-33(59)42-41-25(49)16-38-26(50)18-43-7-9-44(19-28(52)53)11-13-46(21-30(56)57)14-12-45(10-8-43)20-29(54)55;1-7-6-10-9-5-3-2-4-8(7)9;1-7-5-3-2-4-6-7/h22-23H,4-21H2,1-3H3,(H2,34,48)(H,38,50)(H,39,58)(H,41,49)(H,52,53)(H,54,55)(H,56,57)(H3,35,36,37)(H2,40,42,59);2-6,10H,1H3;2-6H,1H3. The van der Waals surface area contributed by atoms with Crippen LogP contribution in [0.25, 0.3) is 10.9 Å². The van der Waals surface area contributed by atoms with Gasteiger partial charge in [0.1, 0.15) is 6.04 Å². The van der Waals surface area contributed by atoms with E-state index in [0.717, 1.165) is 0 Å². The summed E-state index contributed by atoms with van der Waals surface area (Å²) >= 11 is 0. The Morgan fingerprint density at radius 2 is 1.16 bits per heavy atom. The average molecular weight is 1070 g/mol. The number of aliphatic carboxylic acids is 3. The number of hydrazine groups is 1. The molecule has 1 atom stereocenters. The van der Waals surface area contributed by atoms with Gasteiger partial charge in [0, 0.05) is 89.1 Å². The van der Waals surface area contributed by atoms with Crippen LogP contribution in [0.5, 0.6) is 0 Å². The number of H-pyrrole nitrogens is 1. The molecule has 1 fully saturated rings. The highest BCUT2D eigenvalue weighted by atomic mass is 16.4. The molecule has 0 spiro atoms. The van der Waals surface area contributed by atoms with Gasteiger partial charge in [-0.1, -0.05) is 54.1 Å². The lowest BCUT2D eigenvalue weighted by Gasteiger charge is -2.34. The highest BCUT2D eigenvalue weighted by molar-refractivity contribution is 5.92. The summed E-state index contributed by atoms with van der Waals surface area (Å²) in [6.07, 6.45) is 2.54. The van der Waals surface area contributed by atoms with E-state index in [0.29, 0.717) is 13.0 Å². The molecule has 7 amide bonds. The van der Waals surface area contributed by atoms with Gasteiger partial charge in [0.05, 0.1) is 45.8 Å². The van der Waals surface area contributed by atoms with Crippen LogP contribution < -0.4 is 43.6 Å². The number of hydrogen-bond acceptors (Lipinski definition) is 14. The van der Waals surface area contributed by atoms with E-state index >= 15 is 0 Å². The molecular formula is C49H77N15O12. The molecule has 0 saturated carbocycles. The van der Waals surface area contributed by atoms with Crippen molar-refractivity contribution in [1.29, 1.82) is 0 Å². The number of rotatable bonds is 21. The molecule has 1 saturated heterocycles. The highest BCUT2D eigenvalue weighted by Crippen LogP contribution is 2.16. The average Bonchev–Trinajstić information content (AvgIpc) is 3.75. The number of carboxylic acids is 3. The lowest BCUT2D eigenvalue weighted by atomic mass is 10.1. The normalized spacial score (nSPS) is 14.4. The van der Waals surface area contributed by atoms with Gasteiger partial charge in [-0.2, -0.15) is 0 Å². The van der Waals surface area contributed by atoms with Crippen molar-refractivity contribution in [1.82, 2.24) is 61.6 Å². The number of primary amides is 1. The zero-order valence-corrected chi connectivity index (χ0v) is 44.0. The molecule has 420 valence electrons. The number of aryl methyl sites for hydroxylation is 2. The number of carbonyl (C=O) groups is 9. The van der Waals surface area contributed by atoms with Crippen LogP contribution in [-0.4, -0.2) is 228 Å². The molecule has 1 aromatic heterocycles. The number of nitrogens with one attached hydrogen (secondary N) is 7. The second kappa shape index (κ2) is 35.3. The number of aliphatic imine (C=N–C) groups is 1. The van der Waals surface area contributed by atoms with Gasteiger partial charge in [0.15, 0.2) is 5.96 Å². The molecule has 0 bridgehead atoms. The number of aromatic amines is 1. The van der Waals surface area contributed by atoms with Gasteiger partial charge in [0.2, 0.25) is 23.6 Å². The Kier molecular flexibility index (Phi) is 29.9. The lowest BCUT2D eigenvalue weighted by molar-refractivity contribution is -0.142. The fourth-order valence-corrected chi connectivity index (χ4v) is 7.54. The van der Waals surface area contributed by atoms with E-state index in [1.807, 2.05) is 30.5 Å². The van der Waals surface area contributed by atoms with Gasteiger partial charge < -0.3 is 57.9 Å². The van der Waals surface area contributed by atoms with E-state index in [1.165, 1.54) is 34.0 Å². The number of amides is 7. The molecule has 0 aliphatic carbocycles. The summed E-state index contributed by atoms with van der Waals surface area (Å²) in [7, 11) is 1.49. The molecule has 3 aromatic rings. The Morgan fingerprint density at radius 1 is 0.645 bits per heavy atom. The molecular weight excluding hydrogens is 991 g/mol. The first-order valence-corrected chi connectivity index (χ1v) is 24.6. The third-order valence-electron chi connectivity index (χ3n) is 11.4. The predicted molar refractivity (Wildman–Crippen MR) is 283 cm³/mol. The van der Waals surface area contributed by atoms with Gasteiger partial charge in [-0.25, -0.2) is 10.2 Å². The smallest absolute Gasteiger partial charge is 0.333 e. The Bertz CT molecular complexity index is 2340. The Hall–Kier alpha value is -7.88. The minimum absolute atomic E-state index is 0.144. The number of fused-ring (bicyclic) bond motifs is 1. The maximum Gasteiger partial charge on any atom is 0.333 e. The van der Waals surface area contributed by atoms with Crippen molar-refractivity contribution in [3.8, 4) is 0 Å². The quantitative estimate of drug-likeness (QED) is 0.0235. The van der Waals surface area contributed by atoms with Crippen molar-refractivity contribution in [3.05, 3.63) is 71.9 Å². The van der Waals surface area contributed by atoms with Crippen molar-refractivity contribution in [2.24, 2.45) is 16.5 Å². The first-order valence-electron chi connectivity index (χ1n) is 24.6. The van der Waals surface area contributed by atoms with Crippen molar-refractivity contribution < 1.29 is 58.5 Å². The molecule has 1 unspecified atom stereocenters. The molecule has 76 heavy (non-hydrogen) atoms. The molecule has 27 nitrogen and oxygen atoms in total. The molecule has 0 radical (unpaired) electrons. The summed E-state index contributed by atoms with van der Waals surface area (Å²) in [6.45, 7) is 6.50. The van der Waals surface area contributed by atoms with E-state index in [2.05, 4.69) is 86.3 Å². The molecule has 1 aliphatic rings. The molecule has 4 rings (SSSR count). The number of hydrogen-bond donors (Lipinski definition) is 12. The van der Waals surface area contributed by atoms with Gasteiger partial charge >= 0.3 is 23.9 Å². The third-order valence-corrected chi connectivity index (χ3v) is 11.4. The van der Waals surface area contributed by atoms with E-state index in [-0.39, 0.29) is 90.9 Å². The lowest BCUT2D eigenvalue weighted by Crippen LogP contribution is -2.57. The van der Waals surface area contributed by atoms with Crippen molar-refractivity contribution in [2.45, 2.75) is 52.6 Å². The van der Waals surface area contributed by atoms with Crippen LogP contribution in [0, 0.1) is 13.8 Å². The number of aromatic nitrogens is 1. The SMILES string of the molecule is CN=C(N)NCCCC(C(=O)NCC(N)=O)N(C(=O)CNC(=O)NNC(=O)CNC(=O)CN1CCN(CC(=O)O)CCN(CC(=O)O)CCN(CC(=O)O)CC1)C(C)C.Cc1c[nH]c2ccccc12.Cc1ccccc1. The van der Waals surface area contributed by atoms with Crippen molar-refractivity contribution >= 4 is 70.3 Å². The monoisotopic (exact) mass is 1070 g/mol. The Balaban J connectivity index is 0.000000960. The van der Waals surface area contributed by atoms with E-state index in [4.69, 9.17) is 11.5 Å². The summed E-state index contributed by atoms with van der Waals surface area (Å²) in [5, 5.41) is 39.4. The fraction of sp³-hybridized carbons (Fsp3) is 0.510. The molecule has 27 heteroatoms. The van der Waals surface area contributed by atoms with Crippen LogP contribution in [0.1, 0.15) is 37.8 Å². The second-order valence-electron chi connectivity index (χ2n) is 17.9. The number of guanidine groups is 1. The fourth-order valence-electron chi connectivity index (χ4n) is 7.54. The number of carbonyl (C=O) groups excluding carboxylic acids is 6. The maximum absolute atomic E-state index is 13.3. The first kappa shape index (κ1) is 64.2. The number of benzene rings is 2. The van der Waals surface area contributed by atoms with Crippen LogP contribution in [0.2, 0.25) is 0 Å². The van der Waals surface area contributed by atoms with Gasteiger partial charge in [-0.05, 0) is 52.2 Å². The van der Waals surface area contributed by atoms with Gasteiger partial charge in [-0.15, -0.1) is 0 Å².